The van der Waals surface area contributed by atoms with Crippen molar-refractivity contribution >= 4 is 12.0 Å². The molecule has 108 valence electrons. The Kier molecular flexibility index (Phi) is 4.47. The highest BCUT2D eigenvalue weighted by molar-refractivity contribution is 5.91. The molecule has 2 nitrogen and oxygen atoms in total. The monoisotopic (exact) mass is 283 g/mol. The molecule has 20 heavy (non-hydrogen) atoms. The molecular weight excluding hydrogens is 267 g/mol. The maximum Gasteiger partial charge on any atom is 0.416 e. The smallest absolute Gasteiger partial charge is 0.350 e. The Labute approximate surface area is 115 Å². The number of hydrogen-bond acceptors (Lipinski definition) is 1. The van der Waals surface area contributed by atoms with E-state index in [9.17, 15) is 18.0 Å². The molecule has 0 aliphatic heterocycles. The zero-order valence-corrected chi connectivity index (χ0v) is 10.9. The summed E-state index contributed by atoms with van der Waals surface area (Å²) in [4.78, 5) is 11.6. The van der Waals surface area contributed by atoms with Gasteiger partial charge in [0.1, 0.15) is 0 Å². The Hall–Kier alpha value is -1.78. The summed E-state index contributed by atoms with van der Waals surface area (Å²) in [5.41, 5.74) is -0.121. The summed E-state index contributed by atoms with van der Waals surface area (Å²) in [5, 5.41) is 2.88. The summed E-state index contributed by atoms with van der Waals surface area (Å²) in [6.45, 7) is 0. The van der Waals surface area contributed by atoms with Crippen LogP contribution in [0.3, 0.4) is 0 Å². The first-order chi connectivity index (χ1) is 9.45. The Morgan fingerprint density at radius 3 is 2.30 bits per heavy atom. The van der Waals surface area contributed by atoms with Gasteiger partial charge >= 0.3 is 6.18 Å². The standard InChI is InChI=1S/C15H16F3NO/c16-15(17,18)12-8-5-11(6-9-12)7-10-14(20)19-13-3-1-2-4-13/h5-10,13H,1-4H2,(H,19,20)/b10-7+. The van der Waals surface area contributed by atoms with Crippen molar-refractivity contribution in [2.75, 3.05) is 0 Å². The molecule has 0 spiro atoms. The molecule has 1 fully saturated rings. The number of alkyl halides is 3. The second-order valence-corrected chi connectivity index (χ2v) is 4.94. The fourth-order valence-electron chi connectivity index (χ4n) is 2.27. The lowest BCUT2D eigenvalue weighted by Crippen LogP contribution is -2.30. The number of nitrogens with one attached hydrogen (secondary N) is 1. The van der Waals surface area contributed by atoms with Crippen LogP contribution in [0.15, 0.2) is 30.3 Å². The fourth-order valence-corrected chi connectivity index (χ4v) is 2.27. The van der Waals surface area contributed by atoms with E-state index in [0.717, 1.165) is 37.8 Å². The van der Waals surface area contributed by atoms with Crippen LogP contribution in [0.1, 0.15) is 36.8 Å². The molecule has 0 saturated heterocycles. The molecule has 0 aromatic heterocycles. The van der Waals surface area contributed by atoms with Gasteiger partial charge in [-0.15, -0.1) is 0 Å². The van der Waals surface area contributed by atoms with E-state index < -0.39 is 11.7 Å². The Morgan fingerprint density at radius 2 is 1.75 bits per heavy atom. The van der Waals surface area contributed by atoms with Crippen molar-refractivity contribution < 1.29 is 18.0 Å². The van der Waals surface area contributed by atoms with E-state index in [4.69, 9.17) is 0 Å². The quantitative estimate of drug-likeness (QED) is 0.840. The molecular formula is C15H16F3NO. The minimum absolute atomic E-state index is 0.197. The van der Waals surface area contributed by atoms with Crippen LogP contribution in [0.2, 0.25) is 0 Å². The largest absolute Gasteiger partial charge is 0.416 e. The number of amides is 1. The summed E-state index contributed by atoms with van der Waals surface area (Å²) in [6.07, 6.45) is 2.81. The molecule has 0 radical (unpaired) electrons. The number of carbonyl (C=O) groups excluding carboxylic acids is 1. The third-order valence-electron chi connectivity index (χ3n) is 3.37. The van der Waals surface area contributed by atoms with Gasteiger partial charge in [0.05, 0.1) is 5.56 Å². The van der Waals surface area contributed by atoms with Crippen molar-refractivity contribution in [3.8, 4) is 0 Å². The van der Waals surface area contributed by atoms with E-state index in [1.54, 1.807) is 0 Å². The van der Waals surface area contributed by atoms with Crippen molar-refractivity contribution in [1.29, 1.82) is 0 Å². The third kappa shape index (κ3) is 4.11. The molecule has 0 unspecified atom stereocenters. The van der Waals surface area contributed by atoms with Crippen LogP contribution in [0, 0.1) is 0 Å². The first-order valence-electron chi connectivity index (χ1n) is 6.61. The fraction of sp³-hybridized carbons (Fsp3) is 0.400. The normalized spacial score (nSPS) is 16.8. The van der Waals surface area contributed by atoms with Gasteiger partial charge in [0.25, 0.3) is 0 Å². The van der Waals surface area contributed by atoms with E-state index in [1.807, 2.05) is 0 Å². The third-order valence-corrected chi connectivity index (χ3v) is 3.37. The molecule has 0 atom stereocenters. The molecule has 1 N–H and O–H groups in total. The summed E-state index contributed by atoms with van der Waals surface area (Å²) >= 11 is 0. The lowest BCUT2D eigenvalue weighted by Gasteiger charge is -2.09. The second-order valence-electron chi connectivity index (χ2n) is 4.94. The van der Waals surface area contributed by atoms with E-state index in [0.29, 0.717) is 5.56 Å². The van der Waals surface area contributed by atoms with Crippen molar-refractivity contribution in [2.24, 2.45) is 0 Å². The number of halogens is 3. The first kappa shape index (κ1) is 14.6. The SMILES string of the molecule is O=C(/C=C/c1ccc(C(F)(F)F)cc1)NC1CCCC1. The van der Waals surface area contributed by atoms with Gasteiger partial charge in [-0.3, -0.25) is 4.79 Å². The summed E-state index contributed by atoms with van der Waals surface area (Å²) < 4.78 is 37.1. The van der Waals surface area contributed by atoms with Gasteiger partial charge in [-0.2, -0.15) is 13.2 Å². The maximum absolute atomic E-state index is 12.4. The summed E-state index contributed by atoms with van der Waals surface area (Å²) in [6, 6.07) is 4.95. The molecule has 0 bridgehead atoms. The van der Waals surface area contributed by atoms with Gasteiger partial charge in [-0.1, -0.05) is 25.0 Å². The van der Waals surface area contributed by atoms with Gasteiger partial charge < -0.3 is 5.32 Å². The average molecular weight is 283 g/mol. The van der Waals surface area contributed by atoms with Crippen LogP contribution in [0.4, 0.5) is 13.2 Å². The number of rotatable bonds is 3. The minimum Gasteiger partial charge on any atom is -0.350 e. The topological polar surface area (TPSA) is 29.1 Å². The molecule has 5 heteroatoms. The van der Waals surface area contributed by atoms with Gasteiger partial charge in [0, 0.05) is 12.1 Å². The minimum atomic E-state index is -4.33. The Morgan fingerprint density at radius 1 is 1.15 bits per heavy atom. The van der Waals surface area contributed by atoms with Crippen molar-refractivity contribution in [3.63, 3.8) is 0 Å². The van der Waals surface area contributed by atoms with Gasteiger partial charge in [-0.25, -0.2) is 0 Å². The summed E-state index contributed by atoms with van der Waals surface area (Å²) in [7, 11) is 0. The van der Waals surface area contributed by atoms with E-state index >= 15 is 0 Å². The van der Waals surface area contributed by atoms with Gasteiger partial charge in [-0.05, 0) is 36.6 Å². The van der Waals surface area contributed by atoms with Crippen molar-refractivity contribution in [1.82, 2.24) is 5.32 Å². The van der Waals surface area contributed by atoms with Crippen LogP contribution in [0.5, 0.6) is 0 Å². The Balaban J connectivity index is 1.92. The van der Waals surface area contributed by atoms with Crippen LogP contribution in [0.25, 0.3) is 6.08 Å². The highest BCUT2D eigenvalue weighted by Gasteiger charge is 2.29. The highest BCUT2D eigenvalue weighted by atomic mass is 19.4. The molecule has 1 saturated carbocycles. The lowest BCUT2D eigenvalue weighted by molar-refractivity contribution is -0.137. The lowest BCUT2D eigenvalue weighted by atomic mass is 10.1. The summed E-state index contributed by atoms with van der Waals surface area (Å²) in [5.74, 6) is -0.197. The molecule has 1 aromatic rings. The molecule has 1 amide bonds. The molecule has 1 aliphatic carbocycles. The predicted molar refractivity (Wildman–Crippen MR) is 70.9 cm³/mol. The first-order valence-corrected chi connectivity index (χ1v) is 6.61. The number of benzene rings is 1. The maximum atomic E-state index is 12.4. The van der Waals surface area contributed by atoms with Crippen LogP contribution >= 0.6 is 0 Å². The zero-order valence-electron chi connectivity index (χ0n) is 10.9. The van der Waals surface area contributed by atoms with Crippen LogP contribution in [-0.2, 0) is 11.0 Å². The van der Waals surface area contributed by atoms with E-state index in [1.165, 1.54) is 24.3 Å². The van der Waals surface area contributed by atoms with Crippen molar-refractivity contribution in [3.05, 3.63) is 41.5 Å². The predicted octanol–water partition coefficient (Wildman–Crippen LogP) is 3.78. The molecule has 1 aromatic carbocycles. The van der Waals surface area contributed by atoms with Crippen LogP contribution < -0.4 is 5.32 Å². The number of hydrogen-bond donors (Lipinski definition) is 1. The Bertz CT molecular complexity index is 485. The molecule has 2 rings (SSSR count). The second kappa shape index (κ2) is 6.11. The molecule has 0 heterocycles. The number of carbonyl (C=O) groups is 1. The van der Waals surface area contributed by atoms with Crippen LogP contribution in [-0.4, -0.2) is 11.9 Å². The molecule has 1 aliphatic rings. The van der Waals surface area contributed by atoms with Crippen molar-refractivity contribution in [2.45, 2.75) is 37.9 Å². The van der Waals surface area contributed by atoms with Gasteiger partial charge in [0.15, 0.2) is 0 Å². The average Bonchev–Trinajstić information content (AvgIpc) is 2.88. The van der Waals surface area contributed by atoms with E-state index in [-0.39, 0.29) is 11.9 Å². The van der Waals surface area contributed by atoms with Gasteiger partial charge in [0.2, 0.25) is 5.91 Å². The van der Waals surface area contributed by atoms with E-state index in [2.05, 4.69) is 5.32 Å². The highest BCUT2D eigenvalue weighted by Crippen LogP contribution is 2.29. The zero-order chi connectivity index (χ0) is 14.6.